The van der Waals surface area contributed by atoms with Gasteiger partial charge in [0.05, 0.1) is 9.95 Å². The van der Waals surface area contributed by atoms with Gasteiger partial charge in [0.15, 0.2) is 0 Å². The summed E-state index contributed by atoms with van der Waals surface area (Å²) in [5.74, 6) is -0.0858. The van der Waals surface area contributed by atoms with E-state index in [0.717, 1.165) is 25.0 Å². The summed E-state index contributed by atoms with van der Waals surface area (Å²) in [5, 5.41) is 13.4. The second kappa shape index (κ2) is 6.54. The smallest absolute Gasteiger partial charge is 0.294 e. The molecule has 0 bridgehead atoms. The molecular weight excluding hydrogens is 259 g/mol. The molecule has 0 heterocycles. The second-order valence-electron chi connectivity index (χ2n) is 4.50. The van der Waals surface area contributed by atoms with Crippen LogP contribution in [-0.4, -0.2) is 11.5 Å². The van der Waals surface area contributed by atoms with E-state index in [4.69, 9.17) is 11.6 Å². The molecule has 6 heteroatoms. The number of anilines is 1. The first kappa shape index (κ1) is 14.7. The lowest BCUT2D eigenvalue weighted by atomic mass is 10.1. The standard InChI is InChI=1S/C12H16ClFN2O2/c1-8(2)4-3-5-15-11-7-10(14)9(13)6-12(11)16(17)18/h6-8,15H,3-5H2,1-2H3. The number of hydrogen-bond donors (Lipinski definition) is 1. The van der Waals surface area contributed by atoms with Crippen LogP contribution in [0.2, 0.25) is 5.02 Å². The van der Waals surface area contributed by atoms with E-state index in [1.165, 1.54) is 0 Å². The molecule has 1 aromatic rings. The molecule has 1 aromatic carbocycles. The minimum Gasteiger partial charge on any atom is -0.379 e. The lowest BCUT2D eigenvalue weighted by Crippen LogP contribution is -2.06. The molecule has 0 amide bonds. The Bertz CT molecular complexity index is 438. The Labute approximate surface area is 110 Å². The number of hydrogen-bond acceptors (Lipinski definition) is 3. The molecule has 0 atom stereocenters. The molecule has 0 fully saturated rings. The van der Waals surface area contributed by atoms with Gasteiger partial charge in [0.2, 0.25) is 0 Å². The Morgan fingerprint density at radius 2 is 2.17 bits per heavy atom. The number of nitrogens with one attached hydrogen (secondary N) is 1. The van der Waals surface area contributed by atoms with Gasteiger partial charge >= 0.3 is 0 Å². The zero-order valence-electron chi connectivity index (χ0n) is 10.4. The van der Waals surface area contributed by atoms with E-state index in [2.05, 4.69) is 19.2 Å². The van der Waals surface area contributed by atoms with Crippen molar-refractivity contribution in [1.82, 2.24) is 0 Å². The van der Waals surface area contributed by atoms with Crippen molar-refractivity contribution in [3.63, 3.8) is 0 Å². The van der Waals surface area contributed by atoms with Crippen LogP contribution in [0.3, 0.4) is 0 Å². The SMILES string of the molecule is CC(C)CCCNc1cc(F)c(Cl)cc1[N+](=O)[O-]. The van der Waals surface area contributed by atoms with Crippen molar-refractivity contribution in [3.8, 4) is 0 Å². The van der Waals surface area contributed by atoms with Crippen LogP contribution in [0, 0.1) is 21.8 Å². The minimum absolute atomic E-state index is 0.172. The zero-order valence-corrected chi connectivity index (χ0v) is 11.1. The lowest BCUT2D eigenvalue weighted by molar-refractivity contribution is -0.384. The number of benzene rings is 1. The number of rotatable bonds is 6. The highest BCUT2D eigenvalue weighted by Crippen LogP contribution is 2.30. The van der Waals surface area contributed by atoms with Crippen LogP contribution in [0.1, 0.15) is 26.7 Å². The van der Waals surface area contributed by atoms with Crippen molar-refractivity contribution in [2.75, 3.05) is 11.9 Å². The summed E-state index contributed by atoms with van der Waals surface area (Å²) in [4.78, 5) is 10.2. The average molecular weight is 275 g/mol. The van der Waals surface area contributed by atoms with Gasteiger partial charge in [-0.1, -0.05) is 25.4 Å². The fourth-order valence-corrected chi connectivity index (χ4v) is 1.72. The molecule has 0 saturated heterocycles. The van der Waals surface area contributed by atoms with Gasteiger partial charge in [-0.3, -0.25) is 10.1 Å². The van der Waals surface area contributed by atoms with E-state index in [-0.39, 0.29) is 16.4 Å². The van der Waals surface area contributed by atoms with Gasteiger partial charge in [0, 0.05) is 18.7 Å². The normalized spacial score (nSPS) is 10.7. The first-order valence-corrected chi connectivity index (χ1v) is 6.17. The van der Waals surface area contributed by atoms with Crippen molar-refractivity contribution in [2.24, 2.45) is 5.92 Å². The fourth-order valence-electron chi connectivity index (χ4n) is 1.56. The maximum Gasteiger partial charge on any atom is 0.294 e. The third-order valence-electron chi connectivity index (χ3n) is 2.51. The van der Waals surface area contributed by atoms with Gasteiger partial charge in [-0.05, 0) is 18.8 Å². The highest BCUT2D eigenvalue weighted by Gasteiger charge is 2.17. The van der Waals surface area contributed by atoms with Gasteiger partial charge in [-0.2, -0.15) is 0 Å². The van der Waals surface area contributed by atoms with Crippen LogP contribution < -0.4 is 5.32 Å². The number of nitro groups is 1. The molecule has 0 unspecified atom stereocenters. The van der Waals surface area contributed by atoms with Crippen molar-refractivity contribution in [2.45, 2.75) is 26.7 Å². The summed E-state index contributed by atoms with van der Waals surface area (Å²) in [6, 6.07) is 2.09. The molecular formula is C12H16ClFN2O2. The molecule has 1 N–H and O–H groups in total. The molecule has 4 nitrogen and oxygen atoms in total. The van der Waals surface area contributed by atoms with Crippen molar-refractivity contribution in [1.29, 1.82) is 0 Å². The molecule has 0 aliphatic carbocycles. The quantitative estimate of drug-likeness (QED) is 0.480. The summed E-state index contributed by atoms with van der Waals surface area (Å²) in [6.07, 6.45) is 1.88. The van der Waals surface area contributed by atoms with Crippen LogP contribution in [0.5, 0.6) is 0 Å². The van der Waals surface area contributed by atoms with E-state index in [9.17, 15) is 14.5 Å². The number of nitrogens with zero attached hydrogens (tertiary/aromatic N) is 1. The predicted octanol–water partition coefficient (Wildman–Crippen LogP) is 4.24. The van der Waals surface area contributed by atoms with Gasteiger partial charge < -0.3 is 5.32 Å². The van der Waals surface area contributed by atoms with E-state index in [1.807, 2.05) is 0 Å². The maximum atomic E-state index is 13.3. The number of nitro benzene ring substituents is 1. The Balaban J connectivity index is 2.74. The number of halogens is 2. The van der Waals surface area contributed by atoms with Crippen molar-refractivity contribution >= 4 is 23.0 Å². The van der Waals surface area contributed by atoms with E-state index in [1.54, 1.807) is 0 Å². The third-order valence-corrected chi connectivity index (χ3v) is 2.80. The van der Waals surface area contributed by atoms with Crippen LogP contribution >= 0.6 is 11.6 Å². The topological polar surface area (TPSA) is 55.2 Å². The summed E-state index contributed by atoms with van der Waals surface area (Å²) in [7, 11) is 0. The summed E-state index contributed by atoms with van der Waals surface area (Å²) in [6.45, 7) is 4.77. The molecule has 1 rings (SSSR count). The Morgan fingerprint density at radius 1 is 1.50 bits per heavy atom. The molecule has 0 spiro atoms. The summed E-state index contributed by atoms with van der Waals surface area (Å²) in [5.41, 5.74) is -0.0309. The highest BCUT2D eigenvalue weighted by atomic mass is 35.5. The van der Waals surface area contributed by atoms with Crippen LogP contribution in [0.4, 0.5) is 15.8 Å². The van der Waals surface area contributed by atoms with Crippen LogP contribution in [0.25, 0.3) is 0 Å². The van der Waals surface area contributed by atoms with E-state index in [0.29, 0.717) is 12.5 Å². The molecule has 18 heavy (non-hydrogen) atoms. The van der Waals surface area contributed by atoms with E-state index < -0.39 is 10.7 Å². The monoisotopic (exact) mass is 274 g/mol. The zero-order chi connectivity index (χ0) is 13.7. The Morgan fingerprint density at radius 3 is 2.72 bits per heavy atom. The summed E-state index contributed by atoms with van der Waals surface area (Å²) >= 11 is 5.53. The third kappa shape index (κ3) is 4.14. The average Bonchev–Trinajstić information content (AvgIpc) is 2.28. The molecule has 0 aliphatic rings. The first-order valence-electron chi connectivity index (χ1n) is 5.79. The van der Waals surface area contributed by atoms with Gasteiger partial charge in [0.1, 0.15) is 11.5 Å². The molecule has 0 aliphatic heterocycles. The fraction of sp³-hybridized carbons (Fsp3) is 0.500. The van der Waals surface area contributed by atoms with Crippen LogP contribution in [-0.2, 0) is 0 Å². The van der Waals surface area contributed by atoms with Gasteiger partial charge in [-0.15, -0.1) is 0 Å². The van der Waals surface area contributed by atoms with Crippen molar-refractivity contribution in [3.05, 3.63) is 33.1 Å². The summed E-state index contributed by atoms with van der Waals surface area (Å²) < 4.78 is 13.3. The van der Waals surface area contributed by atoms with Crippen molar-refractivity contribution < 1.29 is 9.31 Å². The second-order valence-corrected chi connectivity index (χ2v) is 4.91. The molecule has 0 radical (unpaired) electrons. The Hall–Kier alpha value is -1.36. The predicted molar refractivity (Wildman–Crippen MR) is 70.6 cm³/mol. The Kier molecular flexibility index (Phi) is 5.34. The minimum atomic E-state index is -0.659. The highest BCUT2D eigenvalue weighted by molar-refractivity contribution is 6.31. The maximum absolute atomic E-state index is 13.3. The first-order chi connectivity index (χ1) is 8.41. The van der Waals surface area contributed by atoms with E-state index >= 15 is 0 Å². The molecule has 100 valence electrons. The lowest BCUT2D eigenvalue weighted by Gasteiger charge is -2.09. The molecule has 0 saturated carbocycles. The largest absolute Gasteiger partial charge is 0.379 e. The van der Waals surface area contributed by atoms with Gasteiger partial charge in [-0.25, -0.2) is 4.39 Å². The molecule has 0 aromatic heterocycles. The van der Waals surface area contributed by atoms with Crippen LogP contribution in [0.15, 0.2) is 12.1 Å². The van der Waals surface area contributed by atoms with Gasteiger partial charge in [0.25, 0.3) is 5.69 Å².